The van der Waals surface area contributed by atoms with E-state index in [4.69, 9.17) is 14.7 Å². The van der Waals surface area contributed by atoms with Crippen LogP contribution in [-0.4, -0.2) is 62.2 Å². The van der Waals surface area contributed by atoms with E-state index in [0.717, 1.165) is 72.4 Å². The van der Waals surface area contributed by atoms with Crippen molar-refractivity contribution in [2.45, 2.75) is 44.7 Å². The van der Waals surface area contributed by atoms with Crippen molar-refractivity contribution in [3.8, 4) is 5.69 Å². The van der Waals surface area contributed by atoms with Gasteiger partial charge in [-0.3, -0.25) is 4.90 Å². The van der Waals surface area contributed by atoms with Crippen molar-refractivity contribution in [2.75, 3.05) is 36.9 Å². The first-order valence-corrected chi connectivity index (χ1v) is 13.2. The quantitative estimate of drug-likeness (QED) is 0.395. The summed E-state index contributed by atoms with van der Waals surface area (Å²) in [4.78, 5) is 12.4. The van der Waals surface area contributed by atoms with E-state index in [2.05, 4.69) is 61.0 Å². The van der Waals surface area contributed by atoms with Gasteiger partial charge in [0, 0.05) is 37.1 Å². The normalized spacial score (nSPS) is 21.3. The SMILES string of the molecule is Cc1cc(Nc2nc(N[C@H]3CC[C@H](N4CCOCC4)CC3)c3c(ccn3-c3ccccc3)n2)sn1. The van der Waals surface area contributed by atoms with E-state index < -0.39 is 0 Å². The Kier molecular flexibility index (Phi) is 6.37. The number of rotatable bonds is 6. The minimum absolute atomic E-state index is 0.392. The molecule has 4 aromatic rings. The molecule has 0 bridgehead atoms. The maximum Gasteiger partial charge on any atom is 0.230 e. The third kappa shape index (κ3) is 4.89. The summed E-state index contributed by atoms with van der Waals surface area (Å²) in [5.74, 6) is 1.47. The molecule has 4 heterocycles. The van der Waals surface area contributed by atoms with Crippen LogP contribution in [0.2, 0.25) is 0 Å². The topological polar surface area (TPSA) is 80.1 Å². The molecule has 0 spiro atoms. The van der Waals surface area contributed by atoms with Gasteiger partial charge in [-0.1, -0.05) is 18.2 Å². The molecule has 8 nitrogen and oxygen atoms in total. The molecule has 9 heteroatoms. The number of aromatic nitrogens is 4. The van der Waals surface area contributed by atoms with Crippen molar-refractivity contribution in [1.82, 2.24) is 23.8 Å². The molecule has 1 saturated carbocycles. The molecule has 35 heavy (non-hydrogen) atoms. The van der Waals surface area contributed by atoms with Crippen LogP contribution in [0.15, 0.2) is 48.7 Å². The summed E-state index contributed by atoms with van der Waals surface area (Å²) in [6, 6.07) is 15.5. The first-order chi connectivity index (χ1) is 17.2. The van der Waals surface area contributed by atoms with Crippen LogP contribution in [-0.2, 0) is 4.74 Å². The van der Waals surface area contributed by atoms with Crippen molar-refractivity contribution in [2.24, 2.45) is 0 Å². The standard InChI is InChI=1S/C26H31N7OS/c1-18-17-23(35-31-18)29-26-28-22-11-12-33(21-5-3-2-4-6-21)24(22)25(30-26)27-19-7-9-20(10-8-19)32-13-15-34-16-14-32/h2-6,11-12,17,19-20H,7-10,13-16H2,1H3,(H2,27,28,29,30)/t19-,20-. The molecule has 2 aliphatic rings. The number of hydrogen-bond acceptors (Lipinski definition) is 8. The van der Waals surface area contributed by atoms with Crippen LogP contribution >= 0.6 is 11.5 Å². The molecule has 1 aromatic carbocycles. The highest BCUT2D eigenvalue weighted by atomic mass is 32.1. The van der Waals surface area contributed by atoms with Crippen LogP contribution in [0.5, 0.6) is 0 Å². The van der Waals surface area contributed by atoms with Crippen LogP contribution in [0.25, 0.3) is 16.7 Å². The molecule has 182 valence electrons. The van der Waals surface area contributed by atoms with Crippen LogP contribution in [0.4, 0.5) is 16.8 Å². The number of benzene rings is 1. The highest BCUT2D eigenvalue weighted by Crippen LogP contribution is 2.31. The molecule has 0 amide bonds. The van der Waals surface area contributed by atoms with Gasteiger partial charge in [0.2, 0.25) is 5.95 Å². The predicted octanol–water partition coefficient (Wildman–Crippen LogP) is 4.98. The number of nitrogens with zero attached hydrogens (tertiary/aromatic N) is 5. The Labute approximate surface area is 209 Å². The number of aryl methyl sites for hydroxylation is 1. The summed E-state index contributed by atoms with van der Waals surface area (Å²) in [6.07, 6.45) is 6.76. The second-order valence-electron chi connectivity index (χ2n) is 9.41. The number of ether oxygens (including phenoxy) is 1. The lowest BCUT2D eigenvalue weighted by Crippen LogP contribution is -2.46. The summed E-state index contributed by atoms with van der Waals surface area (Å²) in [5, 5.41) is 8.11. The van der Waals surface area contributed by atoms with Gasteiger partial charge in [-0.05, 0) is 68.4 Å². The number of morpholine rings is 1. The Balaban J connectivity index is 1.28. The first kappa shape index (κ1) is 22.5. The highest BCUT2D eigenvalue weighted by Gasteiger charge is 2.28. The van der Waals surface area contributed by atoms with E-state index in [0.29, 0.717) is 18.0 Å². The third-order valence-electron chi connectivity index (χ3n) is 7.03. The molecule has 2 N–H and O–H groups in total. The zero-order valence-corrected chi connectivity index (χ0v) is 20.8. The van der Waals surface area contributed by atoms with Gasteiger partial charge in [0.15, 0.2) is 5.82 Å². The van der Waals surface area contributed by atoms with Gasteiger partial charge >= 0.3 is 0 Å². The highest BCUT2D eigenvalue weighted by molar-refractivity contribution is 7.10. The summed E-state index contributed by atoms with van der Waals surface area (Å²) >= 11 is 1.43. The zero-order chi connectivity index (χ0) is 23.6. The molecule has 1 aliphatic carbocycles. The molecule has 0 unspecified atom stereocenters. The van der Waals surface area contributed by atoms with Gasteiger partial charge in [-0.25, -0.2) is 4.98 Å². The van der Waals surface area contributed by atoms with E-state index in [-0.39, 0.29) is 0 Å². The molecule has 0 atom stereocenters. The molecular weight excluding hydrogens is 458 g/mol. The van der Waals surface area contributed by atoms with E-state index in [1.54, 1.807) is 0 Å². The third-order valence-corrected chi connectivity index (χ3v) is 7.83. The Morgan fingerprint density at radius 1 is 1.00 bits per heavy atom. The van der Waals surface area contributed by atoms with Crippen molar-refractivity contribution >= 4 is 39.3 Å². The Morgan fingerprint density at radius 3 is 2.54 bits per heavy atom. The fourth-order valence-electron chi connectivity index (χ4n) is 5.26. The fraction of sp³-hybridized carbons (Fsp3) is 0.423. The monoisotopic (exact) mass is 489 g/mol. The predicted molar refractivity (Wildman–Crippen MR) is 141 cm³/mol. The van der Waals surface area contributed by atoms with Crippen LogP contribution < -0.4 is 10.6 Å². The lowest BCUT2D eigenvalue weighted by molar-refractivity contribution is 0.00791. The summed E-state index contributed by atoms with van der Waals surface area (Å²) < 4.78 is 12.1. The molecule has 0 radical (unpaired) electrons. The molecule has 3 aromatic heterocycles. The lowest BCUT2D eigenvalue weighted by atomic mass is 9.90. The van der Waals surface area contributed by atoms with Crippen LogP contribution in [0.1, 0.15) is 31.4 Å². The Morgan fingerprint density at radius 2 is 1.80 bits per heavy atom. The van der Waals surface area contributed by atoms with Gasteiger partial charge in [0.05, 0.1) is 24.4 Å². The number of nitrogens with one attached hydrogen (secondary N) is 2. The van der Waals surface area contributed by atoms with E-state index in [9.17, 15) is 0 Å². The smallest absolute Gasteiger partial charge is 0.230 e. The summed E-state index contributed by atoms with van der Waals surface area (Å²) in [5.41, 5.74) is 4.02. The number of para-hydroxylation sites is 1. The fourth-order valence-corrected chi connectivity index (χ4v) is 5.92. The number of fused-ring (bicyclic) bond motifs is 1. The van der Waals surface area contributed by atoms with E-state index >= 15 is 0 Å². The molecule has 6 rings (SSSR count). The van der Waals surface area contributed by atoms with Gasteiger partial charge in [0.25, 0.3) is 0 Å². The summed E-state index contributed by atoms with van der Waals surface area (Å²) in [6.45, 7) is 5.84. The average Bonchev–Trinajstić information content (AvgIpc) is 3.51. The molecule has 1 saturated heterocycles. The van der Waals surface area contributed by atoms with Crippen LogP contribution in [0.3, 0.4) is 0 Å². The van der Waals surface area contributed by atoms with E-state index in [1.165, 1.54) is 24.4 Å². The second-order valence-corrected chi connectivity index (χ2v) is 10.2. The van der Waals surface area contributed by atoms with Crippen molar-refractivity contribution in [3.05, 3.63) is 54.4 Å². The minimum Gasteiger partial charge on any atom is -0.379 e. The Bertz CT molecular complexity index is 1270. The molecule has 2 fully saturated rings. The van der Waals surface area contributed by atoms with Crippen molar-refractivity contribution in [3.63, 3.8) is 0 Å². The van der Waals surface area contributed by atoms with E-state index in [1.807, 2.05) is 19.1 Å². The van der Waals surface area contributed by atoms with Crippen molar-refractivity contribution in [1.29, 1.82) is 0 Å². The number of anilines is 3. The molecule has 1 aliphatic heterocycles. The number of hydrogen-bond donors (Lipinski definition) is 2. The van der Waals surface area contributed by atoms with Gasteiger partial charge in [-0.15, -0.1) is 0 Å². The second kappa shape index (κ2) is 9.93. The van der Waals surface area contributed by atoms with Gasteiger partial charge < -0.3 is 19.9 Å². The Hall–Kier alpha value is -3.01. The van der Waals surface area contributed by atoms with Gasteiger partial charge in [0.1, 0.15) is 10.5 Å². The largest absolute Gasteiger partial charge is 0.379 e. The lowest BCUT2D eigenvalue weighted by Gasteiger charge is -2.39. The van der Waals surface area contributed by atoms with Crippen molar-refractivity contribution < 1.29 is 4.74 Å². The first-order valence-electron chi connectivity index (χ1n) is 12.5. The minimum atomic E-state index is 0.392. The zero-order valence-electron chi connectivity index (χ0n) is 20.0. The van der Waals surface area contributed by atoms with Crippen LogP contribution in [0, 0.1) is 6.92 Å². The summed E-state index contributed by atoms with van der Waals surface area (Å²) in [7, 11) is 0. The maximum absolute atomic E-state index is 5.55. The van der Waals surface area contributed by atoms with Gasteiger partial charge in [-0.2, -0.15) is 9.36 Å². The molecular formula is C26H31N7OS. The average molecular weight is 490 g/mol. The maximum atomic E-state index is 5.55.